The second kappa shape index (κ2) is 16.1. The molecule has 0 bridgehead atoms. The van der Waals surface area contributed by atoms with Crippen LogP contribution >= 0.6 is 11.3 Å². The van der Waals surface area contributed by atoms with E-state index in [-0.39, 0.29) is 29.9 Å². The number of amides is 1. The quantitative estimate of drug-likeness (QED) is 0.161. The predicted octanol–water partition coefficient (Wildman–Crippen LogP) is 8.05. The van der Waals surface area contributed by atoms with E-state index in [4.69, 9.17) is 4.74 Å². The molecule has 222 valence electrons. The number of carbonyl (C=O) groups is 2. The van der Waals surface area contributed by atoms with Crippen molar-refractivity contribution in [1.29, 1.82) is 0 Å². The number of aliphatic hydroxyl groups is 1. The van der Waals surface area contributed by atoms with Crippen LogP contribution in [0.1, 0.15) is 127 Å². The first-order valence-electron chi connectivity index (χ1n) is 16.0. The van der Waals surface area contributed by atoms with Crippen LogP contribution in [-0.4, -0.2) is 54.6 Å². The van der Waals surface area contributed by atoms with E-state index in [1.165, 1.54) is 61.8 Å². The number of hydrogen-bond donors (Lipinski definition) is 1. The topological polar surface area (TPSA) is 66.8 Å². The van der Waals surface area contributed by atoms with Crippen LogP contribution in [0.3, 0.4) is 0 Å². The summed E-state index contributed by atoms with van der Waals surface area (Å²) < 4.78 is 10.8. The zero-order chi connectivity index (χ0) is 28.4. The van der Waals surface area contributed by atoms with Crippen molar-refractivity contribution in [2.45, 2.75) is 143 Å². The number of carbonyl (C=O) groups excluding carboxylic acids is 2. The van der Waals surface area contributed by atoms with E-state index < -0.39 is 18.4 Å². The average molecular weight is 669 g/mol. The molecule has 2 saturated carbocycles. The van der Waals surface area contributed by atoms with Gasteiger partial charge in [-0.3, -0.25) is 0 Å². The maximum atomic E-state index is 14.4. The molecule has 1 aromatic heterocycles. The number of methoxy groups -OCH3 is 1. The Kier molecular flexibility index (Phi) is 13.6. The first-order chi connectivity index (χ1) is 18.8. The Bertz CT molecular complexity index is 880. The normalized spacial score (nSPS) is 23.9. The zero-order valence-electron chi connectivity index (χ0n) is 25.4. The number of anilines is 1. The molecule has 1 aromatic rings. The summed E-state index contributed by atoms with van der Waals surface area (Å²) in [7, 11) is 1.47. The van der Waals surface area contributed by atoms with E-state index in [2.05, 4.69) is 38.7 Å². The number of hydrogen-bond acceptors (Lipinski definition) is 5. The number of esters is 1. The minimum atomic E-state index is -2.83. The van der Waals surface area contributed by atoms with Gasteiger partial charge < -0.3 is 0 Å². The molecular formula is C32H55NO4SSn. The molecule has 0 aliphatic heterocycles. The molecule has 0 saturated heterocycles. The van der Waals surface area contributed by atoms with E-state index in [9.17, 15) is 14.7 Å². The molecule has 0 unspecified atom stereocenters. The summed E-state index contributed by atoms with van der Waals surface area (Å²) in [5.41, 5.74) is 0.831. The van der Waals surface area contributed by atoms with Gasteiger partial charge in [0.15, 0.2) is 0 Å². The molecule has 1 amide bonds. The summed E-state index contributed by atoms with van der Waals surface area (Å²) in [6.07, 6.45) is 14.2. The number of aliphatic hydroxyl groups excluding tert-OH is 1. The number of ether oxygens (including phenoxy) is 1. The van der Waals surface area contributed by atoms with Gasteiger partial charge >= 0.3 is 247 Å². The fourth-order valence-corrected chi connectivity index (χ4v) is 27.0. The van der Waals surface area contributed by atoms with Crippen molar-refractivity contribution in [2.24, 2.45) is 11.8 Å². The summed E-state index contributed by atoms with van der Waals surface area (Å²) in [5.74, 6) is 0.606. The Morgan fingerprint density at radius 3 is 1.95 bits per heavy atom. The summed E-state index contributed by atoms with van der Waals surface area (Å²) in [4.78, 5) is 30.4. The van der Waals surface area contributed by atoms with Crippen LogP contribution in [-0.2, 0) is 9.53 Å². The molecular weight excluding hydrogens is 613 g/mol. The first kappa shape index (κ1) is 32.9. The predicted molar refractivity (Wildman–Crippen MR) is 167 cm³/mol. The molecule has 7 heteroatoms. The number of unbranched alkanes of at least 4 members (excludes halogenated alkanes) is 3. The van der Waals surface area contributed by atoms with E-state index >= 15 is 0 Å². The van der Waals surface area contributed by atoms with Crippen molar-refractivity contribution in [3.8, 4) is 0 Å². The Balaban J connectivity index is 2.12. The number of rotatable bonds is 14. The van der Waals surface area contributed by atoms with E-state index in [0.29, 0.717) is 23.6 Å². The zero-order valence-corrected chi connectivity index (χ0v) is 29.1. The monoisotopic (exact) mass is 669 g/mol. The molecule has 0 spiro atoms. The summed E-state index contributed by atoms with van der Waals surface area (Å²) in [6.45, 7) is 9.16. The van der Waals surface area contributed by atoms with Gasteiger partial charge in [-0.1, -0.05) is 0 Å². The second-order valence-corrected chi connectivity index (χ2v) is 27.7. The van der Waals surface area contributed by atoms with Crippen LogP contribution in [0, 0.1) is 11.8 Å². The van der Waals surface area contributed by atoms with Gasteiger partial charge in [0.25, 0.3) is 0 Å². The molecule has 1 heterocycles. The van der Waals surface area contributed by atoms with Crippen LogP contribution in [0.5, 0.6) is 0 Å². The first-order valence-corrected chi connectivity index (χ1v) is 24.3. The fourth-order valence-electron chi connectivity index (χ4n) is 6.87. The van der Waals surface area contributed by atoms with Gasteiger partial charge in [-0.25, -0.2) is 0 Å². The molecule has 2 aliphatic rings. The molecule has 0 radical (unpaired) electrons. The van der Waals surface area contributed by atoms with Crippen molar-refractivity contribution in [1.82, 2.24) is 0 Å². The third kappa shape index (κ3) is 8.47. The summed E-state index contributed by atoms with van der Waals surface area (Å²) in [5, 5.41) is 10.3. The van der Waals surface area contributed by atoms with Crippen molar-refractivity contribution < 1.29 is 19.4 Å². The SMILES string of the molecule is CCC[CH2][Sn]([CH2]CCC)([CH2]CCC)[c]1cc(N(C(=O)[C@H]2CC[C@H](C)CC2)[C@H]2CC[C@H](O)CC2)c(C(=O)OC)s1. The van der Waals surface area contributed by atoms with E-state index in [1.807, 2.05) is 0 Å². The van der Waals surface area contributed by atoms with E-state index in [0.717, 1.165) is 44.2 Å². The van der Waals surface area contributed by atoms with Gasteiger partial charge in [-0.2, -0.15) is 0 Å². The Morgan fingerprint density at radius 2 is 1.46 bits per heavy atom. The minimum absolute atomic E-state index is 0.0236. The van der Waals surface area contributed by atoms with Crippen LogP contribution < -0.4 is 7.79 Å². The molecule has 2 fully saturated rings. The van der Waals surface area contributed by atoms with Crippen molar-refractivity contribution in [3.05, 3.63) is 10.9 Å². The molecule has 3 rings (SSSR count). The van der Waals surface area contributed by atoms with Crippen LogP contribution in [0.4, 0.5) is 5.69 Å². The molecule has 0 aromatic carbocycles. The maximum absolute atomic E-state index is 14.4. The summed E-state index contributed by atoms with van der Waals surface area (Å²) >= 11 is -1.15. The molecule has 1 N–H and O–H groups in total. The molecule has 2 aliphatic carbocycles. The third-order valence-electron chi connectivity index (χ3n) is 9.53. The second-order valence-electron chi connectivity index (χ2n) is 12.5. The molecule has 39 heavy (non-hydrogen) atoms. The van der Waals surface area contributed by atoms with Gasteiger partial charge in [0.05, 0.1) is 0 Å². The Hall–Kier alpha value is -0.601. The Morgan fingerprint density at radius 1 is 0.923 bits per heavy atom. The average Bonchev–Trinajstić information content (AvgIpc) is 3.39. The fraction of sp³-hybridized carbons (Fsp3) is 0.812. The van der Waals surface area contributed by atoms with Gasteiger partial charge in [0.2, 0.25) is 0 Å². The van der Waals surface area contributed by atoms with Gasteiger partial charge in [0.1, 0.15) is 0 Å². The van der Waals surface area contributed by atoms with E-state index in [1.54, 1.807) is 11.3 Å². The van der Waals surface area contributed by atoms with Gasteiger partial charge in [-0.05, 0) is 0 Å². The summed E-state index contributed by atoms with van der Waals surface area (Å²) in [6, 6.07) is 2.36. The van der Waals surface area contributed by atoms with Crippen molar-refractivity contribution in [2.75, 3.05) is 12.0 Å². The third-order valence-corrected chi connectivity index (χ3v) is 28.8. The number of thiophene rings is 1. The molecule has 5 nitrogen and oxygen atoms in total. The van der Waals surface area contributed by atoms with Crippen LogP contribution in [0.25, 0.3) is 0 Å². The van der Waals surface area contributed by atoms with Crippen molar-refractivity contribution in [3.63, 3.8) is 0 Å². The standard InChI is InChI=1S/C20H28NO4S.3C4H9.Sn/c1-13-3-5-14(6-4-13)19(23)21(15-7-9-16(22)10-8-15)17-11-12-26-18(17)20(24)25-2;3*1-3-4-2;/h11,13-16,22H,3-10H2,1-2H3;3*1,3-4H2,2H3;/t13-,14-,15-,16-;;;;. The van der Waals surface area contributed by atoms with Crippen LogP contribution in [0.15, 0.2) is 6.07 Å². The van der Waals surface area contributed by atoms with Crippen molar-refractivity contribution >= 4 is 50.2 Å². The van der Waals surface area contributed by atoms with Gasteiger partial charge in [0, 0.05) is 0 Å². The van der Waals surface area contributed by atoms with Crippen LogP contribution in [0.2, 0.25) is 13.3 Å². The van der Waals surface area contributed by atoms with Gasteiger partial charge in [-0.15, -0.1) is 0 Å². The number of nitrogens with zero attached hydrogens (tertiary/aromatic N) is 1. The Labute approximate surface area is 246 Å². The molecule has 0 atom stereocenters.